The van der Waals surface area contributed by atoms with E-state index in [9.17, 15) is 8.42 Å². The van der Waals surface area contributed by atoms with Crippen LogP contribution >= 0.6 is 11.6 Å². The highest BCUT2D eigenvalue weighted by Gasteiger charge is 2.36. The average molecular weight is 331 g/mol. The van der Waals surface area contributed by atoms with Crippen molar-refractivity contribution in [3.8, 4) is 0 Å². The van der Waals surface area contributed by atoms with Gasteiger partial charge >= 0.3 is 0 Å². The third-order valence-corrected chi connectivity index (χ3v) is 6.93. The summed E-state index contributed by atoms with van der Waals surface area (Å²) in [6, 6.07) is 4.89. The van der Waals surface area contributed by atoms with Gasteiger partial charge in [0, 0.05) is 24.2 Å². The van der Waals surface area contributed by atoms with Crippen LogP contribution in [0.4, 0.5) is 0 Å². The van der Waals surface area contributed by atoms with Crippen LogP contribution in [-0.4, -0.2) is 31.9 Å². The third-order valence-electron chi connectivity index (χ3n) is 4.42. The molecule has 0 spiro atoms. The fourth-order valence-electron chi connectivity index (χ4n) is 3.01. The summed E-state index contributed by atoms with van der Waals surface area (Å²) in [7, 11) is -3.54. The van der Waals surface area contributed by atoms with Gasteiger partial charge in [0.2, 0.25) is 10.0 Å². The van der Waals surface area contributed by atoms with Crippen LogP contribution in [0.25, 0.3) is 0 Å². The van der Waals surface area contributed by atoms with Gasteiger partial charge in [0.25, 0.3) is 0 Å². The third kappa shape index (κ3) is 3.26. The highest BCUT2D eigenvalue weighted by Crippen LogP contribution is 2.32. The molecule has 0 saturated carbocycles. The topological polar surface area (TPSA) is 63.4 Å². The minimum absolute atomic E-state index is 0.118. The molecule has 21 heavy (non-hydrogen) atoms. The van der Waals surface area contributed by atoms with Crippen molar-refractivity contribution >= 4 is 21.6 Å². The fourth-order valence-corrected chi connectivity index (χ4v) is 5.15. The van der Waals surface area contributed by atoms with Gasteiger partial charge in [-0.05, 0) is 43.4 Å². The Morgan fingerprint density at radius 2 is 2.14 bits per heavy atom. The summed E-state index contributed by atoms with van der Waals surface area (Å²) < 4.78 is 27.4. The van der Waals surface area contributed by atoms with Gasteiger partial charge in [-0.1, -0.05) is 31.0 Å². The summed E-state index contributed by atoms with van der Waals surface area (Å²) in [5, 5.41) is 0.476. The maximum Gasteiger partial charge on any atom is 0.243 e. The largest absolute Gasteiger partial charge is 0.329 e. The Balaban J connectivity index is 2.37. The van der Waals surface area contributed by atoms with Gasteiger partial charge < -0.3 is 5.73 Å². The molecule has 1 aliphatic heterocycles. The molecule has 0 aromatic heterocycles. The maximum atomic E-state index is 12.9. The van der Waals surface area contributed by atoms with E-state index in [1.807, 2.05) is 0 Å². The molecule has 1 aromatic carbocycles. The van der Waals surface area contributed by atoms with E-state index in [0.29, 0.717) is 34.5 Å². The Morgan fingerprint density at radius 1 is 1.43 bits per heavy atom. The minimum Gasteiger partial charge on any atom is -0.329 e. The Hall–Kier alpha value is -0.620. The predicted molar refractivity (Wildman–Crippen MR) is 85.9 cm³/mol. The Labute approximate surface area is 132 Å². The highest BCUT2D eigenvalue weighted by molar-refractivity contribution is 7.89. The number of sulfonamides is 1. The molecule has 1 aliphatic rings. The van der Waals surface area contributed by atoms with Crippen LogP contribution in [0, 0.1) is 12.8 Å². The van der Waals surface area contributed by atoms with Crippen LogP contribution in [0.3, 0.4) is 0 Å². The van der Waals surface area contributed by atoms with Crippen molar-refractivity contribution in [3.05, 3.63) is 28.8 Å². The van der Waals surface area contributed by atoms with Crippen molar-refractivity contribution in [3.63, 3.8) is 0 Å². The molecule has 0 aliphatic carbocycles. The molecule has 2 atom stereocenters. The number of nitrogens with zero attached hydrogens (tertiary/aromatic N) is 1. The molecule has 0 bridgehead atoms. The van der Waals surface area contributed by atoms with Crippen LogP contribution in [-0.2, 0) is 10.0 Å². The van der Waals surface area contributed by atoms with Crippen LogP contribution in [0.5, 0.6) is 0 Å². The molecule has 1 saturated heterocycles. The van der Waals surface area contributed by atoms with Crippen LogP contribution in [0.2, 0.25) is 5.02 Å². The number of halogens is 1. The predicted octanol–water partition coefficient (Wildman–Crippen LogP) is 2.79. The minimum atomic E-state index is -3.54. The van der Waals surface area contributed by atoms with Gasteiger partial charge in [-0.2, -0.15) is 4.31 Å². The molecule has 2 unspecified atom stereocenters. The second kappa shape index (κ2) is 6.65. The number of hydrogen-bond donors (Lipinski definition) is 1. The van der Waals surface area contributed by atoms with Crippen LogP contribution < -0.4 is 5.73 Å². The molecule has 1 fully saturated rings. The molecule has 6 heteroatoms. The monoisotopic (exact) mass is 330 g/mol. The first-order chi connectivity index (χ1) is 9.91. The van der Waals surface area contributed by atoms with Crippen LogP contribution in [0.15, 0.2) is 23.1 Å². The van der Waals surface area contributed by atoms with E-state index in [1.54, 1.807) is 29.4 Å². The highest BCUT2D eigenvalue weighted by atomic mass is 35.5. The van der Waals surface area contributed by atoms with Crippen LogP contribution in [0.1, 0.15) is 31.7 Å². The molecule has 4 nitrogen and oxygen atoms in total. The lowest BCUT2D eigenvalue weighted by molar-refractivity contribution is 0.197. The first-order valence-electron chi connectivity index (χ1n) is 7.38. The summed E-state index contributed by atoms with van der Waals surface area (Å²) in [5.41, 5.74) is 6.43. The zero-order valence-corrected chi connectivity index (χ0v) is 14.1. The van der Waals surface area contributed by atoms with Gasteiger partial charge in [-0.15, -0.1) is 0 Å². The molecule has 2 N–H and O–H groups in total. The maximum absolute atomic E-state index is 12.9. The summed E-state index contributed by atoms with van der Waals surface area (Å²) in [4.78, 5) is 0.295. The van der Waals surface area contributed by atoms with Gasteiger partial charge in [-0.3, -0.25) is 0 Å². The van der Waals surface area contributed by atoms with E-state index in [4.69, 9.17) is 17.3 Å². The normalized spacial score (nSPS) is 24.2. The lowest BCUT2D eigenvalue weighted by atomic mass is 9.90. The average Bonchev–Trinajstić information content (AvgIpc) is 2.49. The van der Waals surface area contributed by atoms with Gasteiger partial charge in [-0.25, -0.2) is 8.42 Å². The first kappa shape index (κ1) is 16.7. The SMILES string of the molecule is CCC1CCN(S(=O)(=O)c2cccc(Cl)c2C)C(CN)C1. The summed E-state index contributed by atoms with van der Waals surface area (Å²) in [6.45, 7) is 4.78. The van der Waals surface area contributed by atoms with Crippen molar-refractivity contribution in [2.24, 2.45) is 11.7 Å². The van der Waals surface area contributed by atoms with Crippen molar-refractivity contribution in [2.45, 2.75) is 44.0 Å². The number of hydrogen-bond acceptors (Lipinski definition) is 3. The van der Waals surface area contributed by atoms with E-state index in [1.165, 1.54) is 0 Å². The molecule has 1 aromatic rings. The first-order valence-corrected chi connectivity index (χ1v) is 9.20. The molecule has 0 amide bonds. The number of rotatable bonds is 4. The Bertz CT molecular complexity index is 604. The van der Waals surface area contributed by atoms with Crippen molar-refractivity contribution in [1.29, 1.82) is 0 Å². The van der Waals surface area contributed by atoms with E-state index >= 15 is 0 Å². The zero-order chi connectivity index (χ0) is 15.6. The summed E-state index contributed by atoms with van der Waals surface area (Å²) >= 11 is 6.07. The quantitative estimate of drug-likeness (QED) is 0.923. The Kier molecular flexibility index (Phi) is 5.30. The molecular formula is C15H23ClN2O2S. The molecular weight excluding hydrogens is 308 g/mol. The van der Waals surface area contributed by atoms with Crippen molar-refractivity contribution in [1.82, 2.24) is 4.31 Å². The summed E-state index contributed by atoms with van der Waals surface area (Å²) in [6.07, 6.45) is 2.80. The van der Waals surface area contributed by atoms with E-state index in [2.05, 4.69) is 6.92 Å². The second-order valence-electron chi connectivity index (χ2n) is 5.67. The van der Waals surface area contributed by atoms with Gasteiger partial charge in [0.05, 0.1) is 4.90 Å². The van der Waals surface area contributed by atoms with Gasteiger partial charge in [0.15, 0.2) is 0 Å². The number of benzene rings is 1. The van der Waals surface area contributed by atoms with E-state index < -0.39 is 10.0 Å². The fraction of sp³-hybridized carbons (Fsp3) is 0.600. The standard InChI is InChI=1S/C15H23ClN2O2S/c1-3-12-7-8-18(13(9-12)10-17)21(19,20)15-6-4-5-14(16)11(15)2/h4-6,12-13H,3,7-10,17H2,1-2H3. The molecule has 0 radical (unpaired) electrons. The van der Waals surface area contributed by atoms with E-state index in [0.717, 1.165) is 19.3 Å². The Morgan fingerprint density at radius 3 is 2.76 bits per heavy atom. The lowest BCUT2D eigenvalue weighted by Gasteiger charge is -2.38. The lowest BCUT2D eigenvalue weighted by Crippen LogP contribution is -2.49. The van der Waals surface area contributed by atoms with Crippen molar-refractivity contribution < 1.29 is 8.42 Å². The number of piperidine rings is 1. The van der Waals surface area contributed by atoms with Gasteiger partial charge in [0.1, 0.15) is 0 Å². The second-order valence-corrected chi connectivity index (χ2v) is 7.93. The number of nitrogens with two attached hydrogens (primary N) is 1. The molecule has 1 heterocycles. The van der Waals surface area contributed by atoms with E-state index in [-0.39, 0.29) is 6.04 Å². The smallest absolute Gasteiger partial charge is 0.243 e. The summed E-state index contributed by atoms with van der Waals surface area (Å²) in [5.74, 6) is 0.561. The molecule has 2 rings (SSSR count). The zero-order valence-electron chi connectivity index (χ0n) is 12.5. The van der Waals surface area contributed by atoms with Crippen molar-refractivity contribution in [2.75, 3.05) is 13.1 Å². The molecule has 118 valence electrons.